The molecule has 0 amide bonds. The summed E-state index contributed by atoms with van der Waals surface area (Å²) in [7, 11) is -4.67. The molecule has 0 aliphatic heterocycles. The van der Waals surface area contributed by atoms with E-state index in [-0.39, 0.29) is 29.6 Å². The molecule has 1 aromatic carbocycles. The van der Waals surface area contributed by atoms with Crippen LogP contribution in [0, 0.1) is 12.7 Å². The molecule has 1 aromatic heterocycles. The number of ether oxygens (including phenoxy) is 1. The number of nitrogens with zero attached hydrogens (tertiary/aromatic N) is 1. The maximum Gasteiger partial charge on any atom is 0.308 e. The molecule has 10 heteroatoms. The van der Waals surface area contributed by atoms with Gasteiger partial charge in [0.2, 0.25) is 10.0 Å². The Morgan fingerprint density at radius 3 is 2.13 bits per heavy atom. The first kappa shape index (κ1) is 32.6. The van der Waals surface area contributed by atoms with Crippen molar-refractivity contribution in [1.29, 1.82) is 0 Å². The maximum atomic E-state index is 13.7. The minimum atomic E-state index is -3.68. The number of carbonyl (C=O) groups is 2. The van der Waals surface area contributed by atoms with Gasteiger partial charge in [-0.05, 0) is 60.8 Å². The van der Waals surface area contributed by atoms with E-state index < -0.39 is 36.2 Å². The van der Waals surface area contributed by atoms with Crippen LogP contribution < -0.4 is 0 Å². The van der Waals surface area contributed by atoms with Crippen molar-refractivity contribution in [2.75, 3.05) is 13.4 Å². The highest BCUT2D eigenvalue weighted by molar-refractivity contribution is 7.89. The molecule has 2 aromatic rings. The zero-order chi connectivity index (χ0) is 29.9. The van der Waals surface area contributed by atoms with Crippen molar-refractivity contribution in [2.45, 2.75) is 84.5 Å². The second-order valence-electron chi connectivity index (χ2n) is 11.7. The number of esters is 1. The van der Waals surface area contributed by atoms with E-state index in [9.17, 15) is 22.4 Å². The van der Waals surface area contributed by atoms with E-state index >= 15 is 0 Å². The first-order valence-corrected chi connectivity index (χ1v) is 17.7. The first-order chi connectivity index (χ1) is 17.8. The zero-order valence-corrected chi connectivity index (χ0v) is 26.5. The van der Waals surface area contributed by atoms with Crippen molar-refractivity contribution in [3.63, 3.8) is 0 Å². The summed E-state index contributed by atoms with van der Waals surface area (Å²) in [4.78, 5) is 25.3. The van der Waals surface area contributed by atoms with Gasteiger partial charge in [-0.2, -0.15) is 0 Å². The number of benzene rings is 1. The van der Waals surface area contributed by atoms with E-state index in [0.717, 1.165) is 6.26 Å². The van der Waals surface area contributed by atoms with E-state index in [4.69, 9.17) is 9.16 Å². The molecule has 0 fully saturated rings. The van der Waals surface area contributed by atoms with Gasteiger partial charge in [0.1, 0.15) is 5.82 Å². The summed E-state index contributed by atoms with van der Waals surface area (Å²) in [6.07, 6.45) is 3.41. The summed E-state index contributed by atoms with van der Waals surface area (Å²) >= 11 is 0. The van der Waals surface area contributed by atoms with Crippen molar-refractivity contribution >= 4 is 36.2 Å². The molecule has 1 heterocycles. The SMILES string of the molecule is COC(=O)CC(CC(=O)C=Cc1c(-c2ccc(F)cc2)c(C)n(S(C)(=O)=O)c1C(C)C)O[Si](C)(C)C(C)(C)C. The van der Waals surface area contributed by atoms with Gasteiger partial charge >= 0.3 is 5.97 Å². The molecule has 0 aliphatic rings. The van der Waals surface area contributed by atoms with Gasteiger partial charge in [-0.25, -0.2) is 16.8 Å². The van der Waals surface area contributed by atoms with E-state index in [1.807, 2.05) is 13.8 Å². The van der Waals surface area contributed by atoms with Gasteiger partial charge in [0.15, 0.2) is 14.1 Å². The molecule has 0 bridgehead atoms. The molecule has 7 nitrogen and oxygen atoms in total. The van der Waals surface area contributed by atoms with Crippen molar-refractivity contribution in [3.8, 4) is 11.1 Å². The molecular weight excluding hydrogens is 537 g/mol. The molecule has 0 saturated heterocycles. The summed E-state index contributed by atoms with van der Waals surface area (Å²) in [6.45, 7) is 15.8. The average Bonchev–Trinajstić information content (AvgIpc) is 3.09. The van der Waals surface area contributed by atoms with E-state index in [2.05, 4.69) is 33.9 Å². The van der Waals surface area contributed by atoms with Gasteiger partial charge in [-0.1, -0.05) is 46.8 Å². The van der Waals surface area contributed by atoms with Crippen LogP contribution in [0.4, 0.5) is 4.39 Å². The van der Waals surface area contributed by atoms with Crippen LogP contribution in [-0.4, -0.2) is 51.9 Å². The Hall–Kier alpha value is -2.56. The lowest BCUT2D eigenvalue weighted by Crippen LogP contribution is -2.44. The minimum absolute atomic E-state index is 0.0349. The number of hydrogen-bond acceptors (Lipinski definition) is 6. The standard InChI is InChI=1S/C29H42FNO6SSi/c1-19(2)28-25(27(20(3)31(28)38(8,34)35)21-11-13-22(30)14-12-21)16-15-23(32)17-24(18-26(33)36-7)37-39(9,10)29(4,5)6/h11-16,19,24H,17-18H2,1-10H3. The topological polar surface area (TPSA) is 91.7 Å². The quantitative estimate of drug-likeness (QED) is 0.172. The minimum Gasteiger partial charge on any atom is -0.469 e. The lowest BCUT2D eigenvalue weighted by Gasteiger charge is -2.39. The number of carbonyl (C=O) groups excluding carboxylic acids is 2. The normalized spacial score (nSPS) is 13.7. The second-order valence-corrected chi connectivity index (χ2v) is 18.3. The molecule has 0 spiro atoms. The molecule has 1 unspecified atom stereocenters. The highest BCUT2D eigenvalue weighted by Crippen LogP contribution is 2.39. The van der Waals surface area contributed by atoms with Gasteiger partial charge in [-0.3, -0.25) is 9.59 Å². The summed E-state index contributed by atoms with van der Waals surface area (Å²) in [5.41, 5.74) is 2.82. The Kier molecular flexibility index (Phi) is 10.3. The van der Waals surface area contributed by atoms with Crippen LogP contribution >= 0.6 is 0 Å². The monoisotopic (exact) mass is 579 g/mol. The lowest BCUT2D eigenvalue weighted by atomic mass is 9.96. The van der Waals surface area contributed by atoms with Crippen LogP contribution in [0.1, 0.15) is 70.3 Å². The fourth-order valence-corrected chi connectivity index (χ4v) is 6.93. The van der Waals surface area contributed by atoms with Gasteiger partial charge in [0.25, 0.3) is 0 Å². The molecule has 0 radical (unpaired) electrons. The third-order valence-electron chi connectivity index (χ3n) is 7.20. The van der Waals surface area contributed by atoms with E-state index in [1.165, 1.54) is 29.3 Å². The van der Waals surface area contributed by atoms with E-state index in [1.54, 1.807) is 25.1 Å². The average molecular weight is 580 g/mol. The number of aromatic nitrogens is 1. The highest BCUT2D eigenvalue weighted by atomic mass is 32.2. The Labute approximate surface area is 233 Å². The Balaban J connectivity index is 2.58. The van der Waals surface area contributed by atoms with Crippen LogP contribution in [0.25, 0.3) is 17.2 Å². The Morgan fingerprint density at radius 1 is 1.10 bits per heavy atom. The fraction of sp³-hybridized carbons (Fsp3) is 0.517. The molecule has 39 heavy (non-hydrogen) atoms. The van der Waals surface area contributed by atoms with Crippen molar-refractivity contribution in [2.24, 2.45) is 0 Å². The van der Waals surface area contributed by atoms with Gasteiger partial charge in [0, 0.05) is 28.9 Å². The van der Waals surface area contributed by atoms with Crippen molar-refractivity contribution < 1.29 is 31.6 Å². The predicted octanol–water partition coefficient (Wildman–Crippen LogP) is 6.46. The van der Waals surface area contributed by atoms with Crippen LogP contribution in [-0.2, 0) is 28.8 Å². The van der Waals surface area contributed by atoms with Gasteiger partial charge < -0.3 is 9.16 Å². The molecular formula is C29H42FNO6SSi. The van der Waals surface area contributed by atoms with Crippen molar-refractivity contribution in [1.82, 2.24) is 3.97 Å². The second kappa shape index (κ2) is 12.3. The third kappa shape index (κ3) is 7.99. The third-order valence-corrected chi connectivity index (χ3v) is 12.9. The summed E-state index contributed by atoms with van der Waals surface area (Å²) in [6, 6.07) is 5.81. The molecule has 0 saturated carbocycles. The number of hydrogen-bond donors (Lipinski definition) is 0. The lowest BCUT2D eigenvalue weighted by molar-refractivity contribution is -0.142. The Morgan fingerprint density at radius 2 is 1.67 bits per heavy atom. The number of allylic oxidation sites excluding steroid dienone is 1. The van der Waals surface area contributed by atoms with Gasteiger partial charge in [0.05, 0.1) is 25.9 Å². The molecule has 216 valence electrons. The summed E-state index contributed by atoms with van der Waals surface area (Å²) in [5, 5.41) is -0.122. The number of methoxy groups -OCH3 is 1. The zero-order valence-electron chi connectivity index (χ0n) is 24.7. The number of ketones is 1. The smallest absolute Gasteiger partial charge is 0.308 e. The van der Waals surface area contributed by atoms with Gasteiger partial charge in [-0.15, -0.1) is 0 Å². The highest BCUT2D eigenvalue weighted by Gasteiger charge is 2.40. The molecule has 0 N–H and O–H groups in total. The fourth-order valence-electron chi connectivity index (χ4n) is 4.32. The van der Waals surface area contributed by atoms with E-state index in [0.29, 0.717) is 28.1 Å². The maximum absolute atomic E-state index is 13.7. The largest absolute Gasteiger partial charge is 0.469 e. The molecule has 1 atom stereocenters. The van der Waals surface area contributed by atoms with Crippen molar-refractivity contribution in [3.05, 3.63) is 53.1 Å². The molecule has 2 rings (SSSR count). The summed E-state index contributed by atoms with van der Waals surface area (Å²) < 4.78 is 51.8. The number of halogens is 1. The summed E-state index contributed by atoms with van der Waals surface area (Å²) in [5.74, 6) is -1.34. The van der Waals surface area contributed by atoms with Crippen LogP contribution in [0.2, 0.25) is 18.1 Å². The number of rotatable bonds is 11. The molecule has 0 aliphatic carbocycles. The van der Waals surface area contributed by atoms with Crippen LogP contribution in [0.15, 0.2) is 30.3 Å². The van der Waals surface area contributed by atoms with Crippen LogP contribution in [0.3, 0.4) is 0 Å². The predicted molar refractivity (Wildman–Crippen MR) is 156 cm³/mol. The Bertz CT molecular complexity index is 1340. The first-order valence-electron chi connectivity index (χ1n) is 13.0. The van der Waals surface area contributed by atoms with Crippen LogP contribution in [0.5, 0.6) is 0 Å².